The fourth-order valence-corrected chi connectivity index (χ4v) is 5.65. The number of aliphatic hydroxyl groups excluding tert-OH is 2. The van der Waals surface area contributed by atoms with Crippen molar-refractivity contribution in [2.45, 2.75) is 24.5 Å². The summed E-state index contributed by atoms with van der Waals surface area (Å²) in [5.41, 5.74) is 6.00. The third-order valence-corrected chi connectivity index (χ3v) is 7.62. The summed E-state index contributed by atoms with van der Waals surface area (Å²) in [6, 6.07) is 0. The molecule has 0 amide bonds. The number of aliphatic hydroxyl groups is 2. The number of hydrogen-bond donors (Lipinski definition) is 7. The first-order chi connectivity index (χ1) is 14.2. The fraction of sp³-hybridized carbons (Fsp3) is 0.500. The molecule has 2 aromatic rings. The molecule has 36 heavy (non-hydrogen) atoms. The summed E-state index contributed by atoms with van der Waals surface area (Å²) in [6.07, 6.45) is -3.69. The third-order valence-electron chi connectivity index (χ3n) is 3.82. The number of phosphoric acid groups is 3. The molecule has 0 radical (unpaired) electrons. The minimum atomic E-state index is -5.70. The van der Waals surface area contributed by atoms with E-state index < -0.39 is 54.6 Å². The van der Waals surface area contributed by atoms with E-state index in [1.807, 2.05) is 0 Å². The van der Waals surface area contributed by atoms with Crippen LogP contribution in [-0.2, 0) is 31.6 Å². The smallest absolute Gasteiger partial charge is 1.00 e. The quantitative estimate of drug-likeness (QED) is 0.103. The van der Waals surface area contributed by atoms with Crippen LogP contribution < -0.4 is 89.7 Å². The number of phosphoric ester groups is 1. The number of halogens is 2. The average Bonchev–Trinajstić information content (AvgIpc) is 3.13. The van der Waals surface area contributed by atoms with Crippen LogP contribution in [0.15, 0.2) is 12.7 Å². The Bertz CT molecular complexity index is 1140. The number of imidazole rings is 1. The van der Waals surface area contributed by atoms with Crippen molar-refractivity contribution in [3.63, 3.8) is 0 Å². The molecule has 3 heterocycles. The molecular formula is C10H18Cl2MgN5Na2O13P3. The van der Waals surface area contributed by atoms with Crippen LogP contribution in [0.4, 0.5) is 5.82 Å². The molecule has 194 valence electrons. The van der Waals surface area contributed by atoms with Crippen LogP contribution in [0.5, 0.6) is 0 Å². The van der Waals surface area contributed by atoms with Crippen molar-refractivity contribution in [2.75, 3.05) is 12.3 Å². The van der Waals surface area contributed by atoms with E-state index in [4.69, 9.17) is 25.2 Å². The van der Waals surface area contributed by atoms with Gasteiger partial charge in [0.15, 0.2) is 17.7 Å². The van der Waals surface area contributed by atoms with Gasteiger partial charge in [0, 0.05) is 0 Å². The zero-order valence-corrected chi connectivity index (χ0v) is 28.0. The second-order valence-electron chi connectivity index (χ2n) is 6.02. The molecule has 0 saturated carbocycles. The topological polar surface area (TPSA) is 279 Å². The van der Waals surface area contributed by atoms with Crippen molar-refractivity contribution in [2.24, 2.45) is 0 Å². The Balaban J connectivity index is -0.000000519. The van der Waals surface area contributed by atoms with E-state index in [0.29, 0.717) is 0 Å². The minimum Gasteiger partial charge on any atom is -1.00 e. The van der Waals surface area contributed by atoms with Crippen molar-refractivity contribution in [3.05, 3.63) is 12.7 Å². The van der Waals surface area contributed by atoms with Gasteiger partial charge in [0.05, 0.1) is 12.9 Å². The fourth-order valence-electron chi connectivity index (χ4n) is 2.62. The zero-order valence-electron chi connectivity index (χ0n) is 20.4. The number of fused-ring (bicyclic) bond motifs is 1. The number of nitrogens with two attached hydrogens (primary N) is 1. The summed E-state index contributed by atoms with van der Waals surface area (Å²) in [6.45, 7) is -0.956. The summed E-state index contributed by atoms with van der Waals surface area (Å²) in [7, 11) is -16.7. The van der Waals surface area contributed by atoms with Crippen molar-refractivity contribution in [3.8, 4) is 0 Å². The van der Waals surface area contributed by atoms with E-state index in [2.05, 4.69) is 28.1 Å². The number of anilines is 1. The maximum atomic E-state index is 11.8. The molecule has 0 aromatic carbocycles. The summed E-state index contributed by atoms with van der Waals surface area (Å²) in [5, 5.41) is 20.4. The van der Waals surface area contributed by atoms with E-state index in [1.54, 1.807) is 0 Å². The van der Waals surface area contributed by atoms with Gasteiger partial charge in [0.25, 0.3) is 0 Å². The van der Waals surface area contributed by atoms with E-state index in [9.17, 15) is 28.8 Å². The summed E-state index contributed by atoms with van der Waals surface area (Å²) in [5.74, 6) is 0.0426. The number of aromatic nitrogens is 4. The zero-order chi connectivity index (χ0) is 23.2. The minimum absolute atomic E-state index is 0. The molecule has 2 aromatic heterocycles. The average molecular weight is 650 g/mol. The molecule has 1 saturated heterocycles. The van der Waals surface area contributed by atoms with Crippen LogP contribution in [0.25, 0.3) is 11.2 Å². The van der Waals surface area contributed by atoms with Crippen molar-refractivity contribution in [1.82, 2.24) is 19.5 Å². The third kappa shape index (κ3) is 11.1. The van der Waals surface area contributed by atoms with Gasteiger partial charge in [-0.05, 0) is 0 Å². The van der Waals surface area contributed by atoms with E-state index >= 15 is 0 Å². The molecule has 18 nitrogen and oxygen atoms in total. The van der Waals surface area contributed by atoms with E-state index in [-0.39, 0.29) is 127 Å². The molecule has 8 N–H and O–H groups in total. The SMILES string of the molecule is Nc1ncnc2c1ncn2[C@@H]1O[C@H](COP(=O)(O)OP(=O)(O)OP(=O)(O)O)[C@@H](O)[C@H]1O.[Cl-].[Cl-].[H-].[H-].[Mg+2].[Na+].[Na+]. The van der Waals surface area contributed by atoms with Crippen LogP contribution >= 0.6 is 23.5 Å². The molecule has 0 bridgehead atoms. The number of rotatable bonds is 8. The van der Waals surface area contributed by atoms with Gasteiger partial charge in [0.2, 0.25) is 0 Å². The second kappa shape index (κ2) is 16.4. The first-order valence-electron chi connectivity index (χ1n) is 7.92. The normalized spacial score (nSPS) is 24.5. The maximum absolute atomic E-state index is 11.8. The number of nitrogens with zero attached hydrogens (tertiary/aromatic N) is 4. The Morgan fingerprint density at radius 2 is 1.58 bits per heavy atom. The Labute approximate surface area is 278 Å². The molecule has 1 aliphatic heterocycles. The predicted octanol–water partition coefficient (Wildman–Crippen LogP) is -13.8. The molecule has 2 unspecified atom stereocenters. The first-order valence-corrected chi connectivity index (χ1v) is 12.4. The number of nitrogen functional groups attached to an aromatic ring is 1. The van der Waals surface area contributed by atoms with Gasteiger partial charge in [-0.3, -0.25) is 9.09 Å². The van der Waals surface area contributed by atoms with Gasteiger partial charge in [-0.2, -0.15) is 8.62 Å². The van der Waals surface area contributed by atoms with Gasteiger partial charge in [-0.1, -0.05) is 0 Å². The van der Waals surface area contributed by atoms with Gasteiger partial charge in [-0.15, -0.1) is 0 Å². The van der Waals surface area contributed by atoms with E-state index in [0.717, 1.165) is 6.33 Å². The number of ether oxygens (including phenoxy) is 1. The monoisotopic (exact) mass is 649 g/mol. The van der Waals surface area contributed by atoms with Gasteiger partial charge in [0.1, 0.15) is 30.2 Å². The van der Waals surface area contributed by atoms with Crippen molar-refractivity contribution < 1.29 is 148 Å². The van der Waals surface area contributed by atoms with Crippen molar-refractivity contribution in [1.29, 1.82) is 0 Å². The van der Waals surface area contributed by atoms with Crippen LogP contribution in [0.3, 0.4) is 0 Å². The largest absolute Gasteiger partial charge is 2.00 e. The second-order valence-corrected chi connectivity index (χ2v) is 10.4. The van der Waals surface area contributed by atoms with Crippen molar-refractivity contribution >= 4 is 63.5 Å². The molecule has 6 atom stereocenters. The Hall–Kier alpha value is 1.99. The van der Waals surface area contributed by atoms with E-state index in [1.165, 1.54) is 10.9 Å². The van der Waals surface area contributed by atoms with Gasteiger partial charge < -0.3 is 67.9 Å². The maximum Gasteiger partial charge on any atom is 2.00 e. The molecule has 0 spiro atoms. The Kier molecular flexibility index (Phi) is 19.4. The Morgan fingerprint density at radius 3 is 2.14 bits per heavy atom. The molecular weight excluding hydrogens is 632 g/mol. The first kappa shape index (κ1) is 42.5. The molecule has 0 aliphatic carbocycles. The molecule has 26 heteroatoms. The van der Waals surface area contributed by atoms with Gasteiger partial charge >= 0.3 is 106 Å². The van der Waals surface area contributed by atoms with Crippen LogP contribution in [-0.4, -0.2) is 97.3 Å². The molecule has 3 rings (SSSR count). The Morgan fingerprint density at radius 1 is 1.00 bits per heavy atom. The summed E-state index contributed by atoms with van der Waals surface area (Å²) >= 11 is 0. The molecule has 1 aliphatic rings. The number of hydrogen-bond acceptors (Lipinski definition) is 13. The van der Waals surface area contributed by atoms with Crippen LogP contribution in [0.2, 0.25) is 0 Å². The summed E-state index contributed by atoms with van der Waals surface area (Å²) < 4.78 is 51.9. The van der Waals surface area contributed by atoms with Gasteiger partial charge in [-0.25, -0.2) is 28.6 Å². The molecule has 1 fully saturated rings. The summed E-state index contributed by atoms with van der Waals surface area (Å²) in [4.78, 5) is 47.2. The van der Waals surface area contributed by atoms with Crippen LogP contribution in [0, 0.1) is 0 Å². The predicted molar refractivity (Wildman–Crippen MR) is 103 cm³/mol. The van der Waals surface area contributed by atoms with Crippen LogP contribution in [0.1, 0.15) is 9.08 Å². The standard InChI is InChI=1S/C10H16N5O13P3.2ClH.Mg.2Na.2H/c11-8-5-9(13-2-12-8)15(3-14-5)10-7(17)6(16)4(26-10)1-25-30(21,22)28-31(23,24)27-29(18,19)20;;;;;;;/h2-4,6-7,10,16-17H,1H2,(H,21,22)(H,23,24)(H2,11,12,13)(H2,18,19,20);2*1H;;;;;/q;;;+2;2*+1;2*-1/p-2/t4-,6-,7-,10-;;;;;;;/m1......./s1.